The third-order valence-corrected chi connectivity index (χ3v) is 4.45. The summed E-state index contributed by atoms with van der Waals surface area (Å²) in [5.74, 6) is -1.16. The minimum absolute atomic E-state index is 0.0801. The van der Waals surface area contributed by atoms with E-state index in [-0.39, 0.29) is 26.6 Å². The number of ether oxygens (including phenoxy) is 1. The number of halogens is 1. The van der Waals surface area contributed by atoms with Crippen LogP contribution in [0.1, 0.15) is 6.23 Å². The van der Waals surface area contributed by atoms with Gasteiger partial charge in [0.15, 0.2) is 0 Å². The molecular weight excluding hydrogens is 284 g/mol. The third-order valence-electron chi connectivity index (χ3n) is 2.13. The average molecular weight is 294 g/mol. The van der Waals surface area contributed by atoms with Gasteiger partial charge in [-0.05, 0) is 0 Å². The molecular formula is C8H10FN3O3Se. The number of aliphatic hydroxyl groups is 1. The van der Waals surface area contributed by atoms with Gasteiger partial charge in [-0.1, -0.05) is 0 Å². The van der Waals surface area contributed by atoms with E-state index >= 15 is 0 Å². The van der Waals surface area contributed by atoms with Gasteiger partial charge in [0, 0.05) is 0 Å². The summed E-state index contributed by atoms with van der Waals surface area (Å²) in [6.07, 6.45) is 0.442. The summed E-state index contributed by atoms with van der Waals surface area (Å²) in [4.78, 5) is 14.8. The molecule has 2 atom stereocenters. The monoisotopic (exact) mass is 295 g/mol. The Balaban J connectivity index is 2.28. The number of nitrogens with two attached hydrogens (primary N) is 1. The maximum atomic E-state index is 13.1. The van der Waals surface area contributed by atoms with Crippen molar-refractivity contribution in [1.29, 1.82) is 0 Å². The van der Waals surface area contributed by atoms with Crippen LogP contribution in [0.5, 0.6) is 0 Å². The molecule has 2 heterocycles. The molecule has 1 aliphatic heterocycles. The Hall–Kier alpha value is -0.951. The number of nitrogens with zero attached hydrogens (tertiary/aromatic N) is 2. The first-order valence-corrected chi connectivity index (χ1v) is 6.74. The Morgan fingerprint density at radius 3 is 3.19 bits per heavy atom. The van der Waals surface area contributed by atoms with Crippen molar-refractivity contribution in [2.45, 2.75) is 16.5 Å². The first kappa shape index (κ1) is 11.5. The van der Waals surface area contributed by atoms with Gasteiger partial charge in [-0.15, -0.1) is 0 Å². The third kappa shape index (κ3) is 2.10. The van der Waals surface area contributed by atoms with E-state index in [1.807, 2.05) is 0 Å². The molecule has 2 rings (SSSR count). The van der Waals surface area contributed by atoms with Crippen molar-refractivity contribution in [3.63, 3.8) is 0 Å². The van der Waals surface area contributed by atoms with Crippen LogP contribution >= 0.6 is 0 Å². The molecule has 0 unspecified atom stereocenters. The number of anilines is 1. The minimum atomic E-state index is -0.747. The molecule has 1 aliphatic rings. The van der Waals surface area contributed by atoms with E-state index in [0.29, 0.717) is 5.32 Å². The molecule has 0 aliphatic carbocycles. The predicted octanol–water partition coefficient (Wildman–Crippen LogP) is -1.07. The molecule has 0 spiro atoms. The van der Waals surface area contributed by atoms with Gasteiger partial charge in [-0.25, -0.2) is 0 Å². The first-order valence-electron chi connectivity index (χ1n) is 4.54. The number of aliphatic hydroxyl groups excluding tert-OH is 1. The van der Waals surface area contributed by atoms with Gasteiger partial charge in [0.2, 0.25) is 0 Å². The molecule has 0 bridgehead atoms. The maximum absolute atomic E-state index is 13.1. The summed E-state index contributed by atoms with van der Waals surface area (Å²) < 4.78 is 19.6. The first-order chi connectivity index (χ1) is 7.61. The fourth-order valence-electron chi connectivity index (χ4n) is 1.35. The molecule has 0 amide bonds. The second-order valence-electron chi connectivity index (χ2n) is 3.20. The molecule has 0 radical (unpaired) electrons. The molecule has 16 heavy (non-hydrogen) atoms. The number of rotatable bonds is 2. The van der Waals surface area contributed by atoms with Gasteiger partial charge >= 0.3 is 95.9 Å². The summed E-state index contributed by atoms with van der Waals surface area (Å²) in [5.41, 5.74) is 4.52. The van der Waals surface area contributed by atoms with Crippen molar-refractivity contribution in [2.75, 3.05) is 12.3 Å². The summed E-state index contributed by atoms with van der Waals surface area (Å²) in [6.45, 7) is -0.0872. The van der Waals surface area contributed by atoms with Crippen LogP contribution in [0.3, 0.4) is 0 Å². The van der Waals surface area contributed by atoms with E-state index in [2.05, 4.69) is 4.98 Å². The van der Waals surface area contributed by atoms with Gasteiger partial charge in [-0.3, -0.25) is 0 Å². The van der Waals surface area contributed by atoms with Crippen LogP contribution in [0.2, 0.25) is 5.32 Å². The SMILES string of the molecule is Nc1nc(=O)n([C@H]2C[Se][C@@H](CO)O2)cc1F. The second-order valence-corrected chi connectivity index (χ2v) is 5.70. The van der Waals surface area contributed by atoms with E-state index in [0.717, 1.165) is 10.8 Å². The van der Waals surface area contributed by atoms with Gasteiger partial charge in [-0.2, -0.15) is 0 Å². The second kappa shape index (κ2) is 4.50. The van der Waals surface area contributed by atoms with Crippen molar-refractivity contribution in [1.82, 2.24) is 9.55 Å². The van der Waals surface area contributed by atoms with Crippen molar-refractivity contribution in [3.8, 4) is 0 Å². The van der Waals surface area contributed by atoms with Crippen molar-refractivity contribution in [2.24, 2.45) is 0 Å². The molecule has 8 heteroatoms. The summed E-state index contributed by atoms with van der Waals surface area (Å²) in [7, 11) is 0. The molecule has 1 saturated heterocycles. The van der Waals surface area contributed by atoms with Gasteiger partial charge in [0.25, 0.3) is 0 Å². The van der Waals surface area contributed by atoms with Crippen molar-refractivity contribution in [3.05, 3.63) is 22.5 Å². The molecule has 6 nitrogen and oxygen atoms in total. The van der Waals surface area contributed by atoms with E-state index in [9.17, 15) is 9.18 Å². The summed E-state index contributed by atoms with van der Waals surface area (Å²) in [6, 6.07) is 0. The Bertz CT molecular complexity index is 453. The van der Waals surface area contributed by atoms with Crippen LogP contribution in [0.25, 0.3) is 0 Å². The molecule has 1 fully saturated rings. The summed E-state index contributed by atoms with van der Waals surface area (Å²) in [5, 5.41) is 9.25. The van der Waals surface area contributed by atoms with E-state index < -0.39 is 23.6 Å². The van der Waals surface area contributed by atoms with Gasteiger partial charge in [0.1, 0.15) is 0 Å². The van der Waals surface area contributed by atoms with E-state index in [1.165, 1.54) is 0 Å². The zero-order valence-electron chi connectivity index (χ0n) is 8.17. The Labute approximate surface area is 96.4 Å². The van der Waals surface area contributed by atoms with E-state index in [1.54, 1.807) is 0 Å². The number of aromatic nitrogens is 2. The van der Waals surface area contributed by atoms with Gasteiger partial charge in [0.05, 0.1) is 0 Å². The van der Waals surface area contributed by atoms with Crippen LogP contribution in [-0.4, -0.2) is 41.2 Å². The number of nitrogen functional groups attached to an aromatic ring is 1. The normalized spacial score (nSPS) is 24.9. The van der Waals surface area contributed by atoms with Crippen LogP contribution in [-0.2, 0) is 4.74 Å². The average Bonchev–Trinajstić information content (AvgIpc) is 2.71. The van der Waals surface area contributed by atoms with Crippen LogP contribution in [0.15, 0.2) is 11.0 Å². The summed E-state index contributed by atoms with van der Waals surface area (Å²) >= 11 is 0.0801. The van der Waals surface area contributed by atoms with Crippen molar-refractivity contribution < 1.29 is 14.2 Å². The van der Waals surface area contributed by atoms with Crippen LogP contribution in [0.4, 0.5) is 10.2 Å². The topological polar surface area (TPSA) is 90.4 Å². The fourth-order valence-corrected chi connectivity index (χ4v) is 3.30. The molecule has 1 aromatic heterocycles. The standard InChI is InChI=1S/C8H10FN3O3Se/c9-4-1-12(8(14)11-7(4)10)5-3-16-6(2-13)15-5/h1,5-6,13H,2-3H2,(H2,10,11,14)/t5-,6+/m1/s1. The van der Waals surface area contributed by atoms with Gasteiger partial charge < -0.3 is 0 Å². The zero-order valence-corrected chi connectivity index (χ0v) is 9.88. The quantitative estimate of drug-likeness (QED) is 0.678. The molecule has 3 N–H and O–H groups in total. The molecule has 88 valence electrons. The zero-order chi connectivity index (χ0) is 11.7. The fraction of sp³-hybridized carbons (Fsp3) is 0.500. The van der Waals surface area contributed by atoms with Crippen molar-refractivity contribution >= 4 is 20.8 Å². The Kier molecular flexibility index (Phi) is 3.25. The van der Waals surface area contributed by atoms with Crippen LogP contribution in [0, 0.1) is 5.82 Å². The predicted molar refractivity (Wildman–Crippen MR) is 54.4 cm³/mol. The molecule has 0 saturated carbocycles. The number of hydrogen-bond acceptors (Lipinski definition) is 5. The number of hydrogen-bond donors (Lipinski definition) is 2. The van der Waals surface area contributed by atoms with Crippen LogP contribution < -0.4 is 11.4 Å². The Morgan fingerprint density at radius 2 is 2.56 bits per heavy atom. The Morgan fingerprint density at radius 1 is 1.81 bits per heavy atom. The molecule has 1 aromatic rings. The molecule has 0 aromatic carbocycles. The van der Waals surface area contributed by atoms with E-state index in [4.69, 9.17) is 15.6 Å².